The van der Waals surface area contributed by atoms with Crippen LogP contribution in [0, 0.1) is 0 Å². The van der Waals surface area contributed by atoms with Gasteiger partial charge in [-0.3, -0.25) is 9.59 Å². The largest absolute Gasteiger partial charge is 0.469 e. The Morgan fingerprint density at radius 3 is 1.43 bits per heavy atom. The molecular weight excluding hydrogens is 284 g/mol. The van der Waals surface area contributed by atoms with Crippen LogP contribution in [0.5, 0.6) is 0 Å². The molecule has 0 aliphatic carbocycles. The summed E-state index contributed by atoms with van der Waals surface area (Å²) in [4.78, 5) is 44.7. The van der Waals surface area contributed by atoms with E-state index in [-0.39, 0.29) is 25.7 Å². The summed E-state index contributed by atoms with van der Waals surface area (Å²) in [7, 11) is 2.41. The molecule has 9 nitrogen and oxygen atoms in total. The Hall–Kier alpha value is -2.00. The average Bonchev–Trinajstić information content (AvgIpc) is 2.48. The number of hydrogen-bond acceptors (Lipinski definition) is 9. The van der Waals surface area contributed by atoms with Crippen molar-refractivity contribution >= 4 is 23.9 Å². The van der Waals surface area contributed by atoms with Gasteiger partial charge in [0.05, 0.1) is 14.2 Å². The van der Waals surface area contributed by atoms with Gasteiger partial charge in [0.15, 0.2) is 0 Å². The van der Waals surface area contributed by atoms with E-state index in [1.54, 1.807) is 0 Å². The lowest BCUT2D eigenvalue weighted by Crippen LogP contribution is -2.40. The van der Waals surface area contributed by atoms with Crippen molar-refractivity contribution in [1.29, 1.82) is 0 Å². The number of carbonyl (C=O) groups excluding carboxylic acids is 4. The van der Waals surface area contributed by atoms with Crippen molar-refractivity contribution < 1.29 is 33.4 Å². The fraction of sp³-hybridized carbons (Fsp3) is 0.667. The van der Waals surface area contributed by atoms with E-state index in [9.17, 15) is 19.2 Å². The molecule has 0 unspecified atom stereocenters. The van der Waals surface area contributed by atoms with Crippen molar-refractivity contribution in [2.75, 3.05) is 14.2 Å². The SMILES string of the molecule is COC(=O)CC[C@H](N)C(=O)OC(=O)[C@@H](N)CCC(=O)OC. The molecule has 2 atom stereocenters. The Kier molecular flexibility index (Phi) is 8.90. The minimum Gasteiger partial charge on any atom is -0.469 e. The summed E-state index contributed by atoms with van der Waals surface area (Å²) in [6.07, 6.45) is -0.183. The molecule has 0 saturated heterocycles. The van der Waals surface area contributed by atoms with E-state index in [1.165, 1.54) is 14.2 Å². The van der Waals surface area contributed by atoms with Crippen LogP contribution in [0.1, 0.15) is 25.7 Å². The number of nitrogens with two attached hydrogens (primary N) is 2. The number of esters is 4. The molecule has 4 N–H and O–H groups in total. The molecule has 0 aromatic rings. The maximum Gasteiger partial charge on any atom is 0.330 e. The summed E-state index contributed by atoms with van der Waals surface area (Å²) < 4.78 is 13.2. The minimum atomic E-state index is -1.14. The maximum atomic E-state index is 11.5. The molecule has 0 aliphatic rings. The van der Waals surface area contributed by atoms with Crippen LogP contribution in [0.4, 0.5) is 0 Å². The third-order valence-corrected chi connectivity index (χ3v) is 2.58. The van der Waals surface area contributed by atoms with Crippen molar-refractivity contribution in [2.24, 2.45) is 11.5 Å². The van der Waals surface area contributed by atoms with Crippen LogP contribution in [-0.4, -0.2) is 50.2 Å². The van der Waals surface area contributed by atoms with Gasteiger partial charge in [-0.15, -0.1) is 0 Å². The van der Waals surface area contributed by atoms with Crippen molar-refractivity contribution in [3.63, 3.8) is 0 Å². The summed E-state index contributed by atoms with van der Waals surface area (Å²) in [6.45, 7) is 0. The Balaban J connectivity index is 4.15. The zero-order valence-corrected chi connectivity index (χ0v) is 12.0. The number of methoxy groups -OCH3 is 2. The van der Waals surface area contributed by atoms with Crippen molar-refractivity contribution in [1.82, 2.24) is 0 Å². The number of carbonyl (C=O) groups is 4. The molecule has 0 fully saturated rings. The lowest BCUT2D eigenvalue weighted by molar-refractivity contribution is -0.161. The second-order valence-corrected chi connectivity index (χ2v) is 4.18. The second-order valence-electron chi connectivity index (χ2n) is 4.18. The maximum absolute atomic E-state index is 11.5. The monoisotopic (exact) mass is 304 g/mol. The predicted molar refractivity (Wildman–Crippen MR) is 69.5 cm³/mol. The highest BCUT2D eigenvalue weighted by Gasteiger charge is 2.24. The van der Waals surface area contributed by atoms with E-state index in [4.69, 9.17) is 11.5 Å². The zero-order chi connectivity index (χ0) is 16.4. The lowest BCUT2D eigenvalue weighted by Gasteiger charge is -2.12. The fourth-order valence-electron chi connectivity index (χ4n) is 1.24. The van der Waals surface area contributed by atoms with E-state index in [2.05, 4.69) is 14.2 Å². The standard InChI is InChI=1S/C12H20N2O7/c1-19-9(15)5-3-7(13)11(17)21-12(18)8(14)4-6-10(16)20-2/h7-8H,3-6,13-14H2,1-2H3/t7-,8-/m0/s1. The van der Waals surface area contributed by atoms with Gasteiger partial charge in [0.1, 0.15) is 12.1 Å². The van der Waals surface area contributed by atoms with Gasteiger partial charge in [-0.2, -0.15) is 0 Å². The Morgan fingerprint density at radius 2 is 1.14 bits per heavy atom. The molecule has 0 aromatic carbocycles. The van der Waals surface area contributed by atoms with Gasteiger partial charge < -0.3 is 25.7 Å². The van der Waals surface area contributed by atoms with Gasteiger partial charge in [0.2, 0.25) is 0 Å². The Morgan fingerprint density at radius 1 is 0.810 bits per heavy atom. The first kappa shape index (κ1) is 19.0. The highest BCUT2D eigenvalue weighted by molar-refractivity contribution is 5.91. The van der Waals surface area contributed by atoms with Gasteiger partial charge in [-0.25, -0.2) is 9.59 Å². The molecule has 0 saturated carbocycles. The first-order valence-corrected chi connectivity index (χ1v) is 6.22. The van der Waals surface area contributed by atoms with Crippen LogP contribution in [0.3, 0.4) is 0 Å². The third kappa shape index (κ3) is 8.00. The molecule has 0 amide bonds. The smallest absolute Gasteiger partial charge is 0.330 e. The van der Waals surface area contributed by atoms with Crippen LogP contribution in [0.15, 0.2) is 0 Å². The molecule has 9 heteroatoms. The van der Waals surface area contributed by atoms with E-state index < -0.39 is 36.0 Å². The van der Waals surface area contributed by atoms with Crippen molar-refractivity contribution in [2.45, 2.75) is 37.8 Å². The third-order valence-electron chi connectivity index (χ3n) is 2.58. The first-order valence-electron chi connectivity index (χ1n) is 6.22. The van der Waals surface area contributed by atoms with Gasteiger partial charge >= 0.3 is 23.9 Å². The molecule has 0 aromatic heterocycles. The fourth-order valence-corrected chi connectivity index (χ4v) is 1.24. The summed E-state index contributed by atoms with van der Waals surface area (Å²) in [5.74, 6) is -3.03. The molecule has 0 radical (unpaired) electrons. The number of hydrogen-bond donors (Lipinski definition) is 2. The highest BCUT2D eigenvalue weighted by Crippen LogP contribution is 2.03. The Labute approximate surface area is 121 Å². The van der Waals surface area contributed by atoms with Crippen LogP contribution < -0.4 is 11.5 Å². The average molecular weight is 304 g/mol. The molecule has 120 valence electrons. The quantitative estimate of drug-likeness (QED) is 0.314. The molecule has 0 spiro atoms. The van der Waals surface area contributed by atoms with Gasteiger partial charge in [-0.05, 0) is 12.8 Å². The number of ether oxygens (including phenoxy) is 3. The van der Waals surface area contributed by atoms with Gasteiger partial charge in [0, 0.05) is 12.8 Å². The van der Waals surface area contributed by atoms with Crippen molar-refractivity contribution in [3.05, 3.63) is 0 Å². The molecular formula is C12H20N2O7. The summed E-state index contributed by atoms with van der Waals surface area (Å²) in [6, 6.07) is -2.28. The molecule has 0 aliphatic heterocycles. The molecule has 0 rings (SSSR count). The van der Waals surface area contributed by atoms with Crippen LogP contribution in [0.2, 0.25) is 0 Å². The van der Waals surface area contributed by atoms with Crippen LogP contribution in [-0.2, 0) is 33.4 Å². The van der Waals surface area contributed by atoms with E-state index in [1.807, 2.05) is 0 Å². The predicted octanol–water partition coefficient (Wildman–Crippen LogP) is -1.38. The first-order chi connectivity index (χ1) is 9.81. The van der Waals surface area contributed by atoms with E-state index in [0.717, 1.165) is 0 Å². The number of rotatable bonds is 8. The Bertz CT molecular complexity index is 361. The molecule has 21 heavy (non-hydrogen) atoms. The van der Waals surface area contributed by atoms with E-state index >= 15 is 0 Å². The van der Waals surface area contributed by atoms with Crippen molar-refractivity contribution in [3.8, 4) is 0 Å². The summed E-state index contributed by atoms with van der Waals surface area (Å²) in [5.41, 5.74) is 10.9. The van der Waals surface area contributed by atoms with Crippen LogP contribution >= 0.6 is 0 Å². The highest BCUT2D eigenvalue weighted by atomic mass is 16.6. The summed E-state index contributed by atoms with van der Waals surface area (Å²) in [5, 5.41) is 0. The van der Waals surface area contributed by atoms with Gasteiger partial charge in [0.25, 0.3) is 0 Å². The topological polar surface area (TPSA) is 148 Å². The molecule has 0 heterocycles. The minimum absolute atomic E-state index is 0.0177. The summed E-state index contributed by atoms with van der Waals surface area (Å²) >= 11 is 0. The molecule has 0 bridgehead atoms. The normalized spacial score (nSPS) is 13.0. The van der Waals surface area contributed by atoms with Crippen LogP contribution in [0.25, 0.3) is 0 Å². The second kappa shape index (κ2) is 9.83. The van der Waals surface area contributed by atoms with Gasteiger partial charge in [-0.1, -0.05) is 0 Å². The van der Waals surface area contributed by atoms with E-state index in [0.29, 0.717) is 0 Å². The zero-order valence-electron chi connectivity index (χ0n) is 12.0. The lowest BCUT2D eigenvalue weighted by atomic mass is 10.1.